The third-order valence-electron chi connectivity index (χ3n) is 20.9. The number of amides is 6. The maximum atomic E-state index is 14.5. The van der Waals surface area contributed by atoms with Crippen LogP contribution in [0.3, 0.4) is 0 Å². The van der Waals surface area contributed by atoms with E-state index >= 15 is 0 Å². The zero-order chi connectivity index (χ0) is 59.9. The lowest BCUT2D eigenvalue weighted by molar-refractivity contribution is -0.154. The van der Waals surface area contributed by atoms with Crippen molar-refractivity contribution in [3.63, 3.8) is 0 Å². The Morgan fingerprint density at radius 2 is 0.894 bits per heavy atom. The Morgan fingerprint density at radius 1 is 0.518 bits per heavy atom. The molecule has 0 bridgehead atoms. The molecule has 85 heavy (non-hydrogen) atoms. The lowest BCUT2D eigenvalue weighted by atomic mass is 9.83. The molecule has 450 valence electrons. The SMILES string of the molecule is CC1(C)[C@@H]2[C@@H](C(=O)O)N(C(=O)[C@@H](NC(=O)[C@@H](NC(=O)c3cnccn3)C3CCCCC3)C3Cc4ccccc4C3)C[C@@H]21.COC(=O)[C@@H]1[C@@H]2[C@H](CN1C(=O)[C@@H](NC(=O)[C@@H](NC(=O)c1cnccn1)C1CCCCC1)C1Cc3ccccc3C1)C2(C)C. The molecule has 20 heteroatoms. The van der Waals surface area contributed by atoms with Gasteiger partial charge in [0.05, 0.1) is 19.5 Å². The molecule has 2 aromatic carbocycles. The summed E-state index contributed by atoms with van der Waals surface area (Å²) >= 11 is 0. The van der Waals surface area contributed by atoms with Gasteiger partial charge in [-0.2, -0.15) is 0 Å². The van der Waals surface area contributed by atoms with Gasteiger partial charge in [-0.25, -0.2) is 19.6 Å². The highest BCUT2D eigenvalue weighted by Gasteiger charge is 2.71. The van der Waals surface area contributed by atoms with E-state index in [-0.39, 0.29) is 87.3 Å². The minimum Gasteiger partial charge on any atom is -0.480 e. The van der Waals surface area contributed by atoms with Gasteiger partial charge in [-0.1, -0.05) is 115 Å². The van der Waals surface area contributed by atoms with Crippen LogP contribution in [-0.2, 0) is 59.2 Å². The van der Waals surface area contributed by atoms with Crippen molar-refractivity contribution in [3.8, 4) is 0 Å². The average molecular weight is 1160 g/mol. The molecular weight excluding hydrogens is 1080 g/mol. The molecule has 0 radical (unpaired) electrons. The molecule has 10 atom stereocenters. The van der Waals surface area contributed by atoms with Crippen molar-refractivity contribution in [1.29, 1.82) is 0 Å². The standard InChI is InChI=1S/C33H41N5O5.C32H39N5O5/c1-33(2)23-18-38(28(25(23)33)32(42)43-3)31(41)27(22-15-20-11-7-8-12-21(20)16-22)37-30(40)26(19-9-5-4-6-10-19)36-29(39)24-17-34-13-14-35-24;1-32(2)22-17-37(27(24(22)32)31(41)42)30(40)26(21-14-19-10-6-7-11-20(19)15-21)36-29(39)25(18-8-4-3-5-9-18)35-28(38)23-16-33-12-13-34-23/h7-8,11-14,17,19,22-23,25-28H,4-6,9-10,15-16,18H2,1-3H3,(H,36,39)(H,37,40);6-7,10-13,16,18,21-22,24-27H,3-5,8-9,14-15,17H2,1-2H3,(H,35,38)(H,36,39)(H,41,42)/t23-,25-,26-,27-,28-;22-,24-,25-,26-,27-/m00/s1. The van der Waals surface area contributed by atoms with Gasteiger partial charge in [0.2, 0.25) is 23.6 Å². The molecule has 4 aromatic rings. The molecule has 20 nitrogen and oxygen atoms in total. The fourth-order valence-corrected chi connectivity index (χ4v) is 16.0. The number of likely N-dealkylation sites (tertiary alicyclic amines) is 2. The molecule has 2 saturated heterocycles. The number of carbonyl (C=O) groups excluding carboxylic acids is 7. The Hall–Kier alpha value is -7.64. The van der Waals surface area contributed by atoms with Crippen LogP contribution in [-0.4, -0.2) is 139 Å². The van der Waals surface area contributed by atoms with E-state index in [1.54, 1.807) is 4.90 Å². The number of aliphatic carboxylic acids is 1. The van der Waals surface area contributed by atoms with Crippen molar-refractivity contribution in [1.82, 2.24) is 51.0 Å². The van der Waals surface area contributed by atoms with E-state index in [0.717, 1.165) is 86.5 Å². The van der Waals surface area contributed by atoms with Gasteiger partial charge in [0.25, 0.3) is 11.8 Å². The van der Waals surface area contributed by atoms with Crippen LogP contribution >= 0.6 is 0 Å². The molecule has 2 aromatic heterocycles. The van der Waals surface area contributed by atoms with Crippen LogP contribution in [0.1, 0.15) is 135 Å². The van der Waals surface area contributed by atoms with Gasteiger partial charge in [-0.15, -0.1) is 0 Å². The maximum Gasteiger partial charge on any atom is 0.328 e. The molecule has 5 N–H and O–H groups in total. The van der Waals surface area contributed by atoms with Crippen molar-refractivity contribution in [2.45, 2.75) is 154 Å². The topological polar surface area (TPSA) is 272 Å². The Morgan fingerprint density at radius 3 is 1.25 bits per heavy atom. The number of piperidine rings is 2. The summed E-state index contributed by atoms with van der Waals surface area (Å²) in [6, 6.07) is 11.1. The highest BCUT2D eigenvalue weighted by atomic mass is 16.5. The molecule has 12 rings (SSSR count). The molecule has 6 fully saturated rings. The summed E-state index contributed by atoms with van der Waals surface area (Å²) in [5.41, 5.74) is 4.67. The molecule has 8 aliphatic rings. The summed E-state index contributed by atoms with van der Waals surface area (Å²) in [7, 11) is 1.36. The molecule has 6 amide bonds. The quantitative estimate of drug-likeness (QED) is 0.0888. The van der Waals surface area contributed by atoms with Crippen molar-refractivity contribution in [3.05, 3.63) is 119 Å². The van der Waals surface area contributed by atoms with Gasteiger partial charge in [0, 0.05) is 49.7 Å². The summed E-state index contributed by atoms with van der Waals surface area (Å²) in [4.78, 5) is 128. The zero-order valence-electron chi connectivity index (χ0n) is 49.3. The van der Waals surface area contributed by atoms with E-state index in [1.165, 1.54) is 49.2 Å². The van der Waals surface area contributed by atoms with E-state index in [4.69, 9.17) is 4.74 Å². The number of aromatic nitrogens is 4. The summed E-state index contributed by atoms with van der Waals surface area (Å²) in [6.45, 7) is 9.19. The van der Waals surface area contributed by atoms with Crippen LogP contribution in [0.25, 0.3) is 0 Å². The number of methoxy groups -OCH3 is 1. The number of hydrogen-bond acceptors (Lipinski definition) is 13. The van der Waals surface area contributed by atoms with Gasteiger partial charge in [-0.3, -0.25) is 38.7 Å². The maximum absolute atomic E-state index is 14.5. The first-order chi connectivity index (χ1) is 40.9. The van der Waals surface area contributed by atoms with Crippen LogP contribution in [0.5, 0.6) is 0 Å². The third-order valence-corrected chi connectivity index (χ3v) is 20.9. The minimum atomic E-state index is -1.00. The van der Waals surface area contributed by atoms with Gasteiger partial charge < -0.3 is 40.9 Å². The number of carbonyl (C=O) groups is 8. The van der Waals surface area contributed by atoms with Gasteiger partial charge in [0.15, 0.2) is 0 Å². The molecule has 4 saturated carbocycles. The monoisotopic (exact) mass is 1160 g/mol. The predicted molar refractivity (Wildman–Crippen MR) is 310 cm³/mol. The van der Waals surface area contributed by atoms with E-state index in [0.29, 0.717) is 38.8 Å². The number of hydrogen-bond donors (Lipinski definition) is 5. The first-order valence-electron chi connectivity index (χ1n) is 30.7. The largest absolute Gasteiger partial charge is 0.480 e. The van der Waals surface area contributed by atoms with Gasteiger partial charge in [0.1, 0.15) is 47.6 Å². The predicted octanol–water partition coefficient (Wildman–Crippen LogP) is 5.33. The zero-order valence-corrected chi connectivity index (χ0v) is 49.3. The smallest absolute Gasteiger partial charge is 0.328 e. The second kappa shape index (κ2) is 24.4. The van der Waals surface area contributed by atoms with Gasteiger partial charge in [-0.05, 0) is 120 Å². The number of nitrogens with one attached hydrogen (secondary N) is 4. The molecule has 6 aliphatic carbocycles. The lowest BCUT2D eigenvalue weighted by Crippen LogP contribution is -2.60. The number of carboxylic acid groups (broad SMARTS) is 1. The van der Waals surface area contributed by atoms with E-state index in [2.05, 4.69) is 81.0 Å². The third kappa shape index (κ3) is 11.9. The van der Waals surface area contributed by atoms with Crippen molar-refractivity contribution < 1.29 is 48.2 Å². The molecule has 0 unspecified atom stereocenters. The first kappa shape index (κ1) is 59.1. The van der Waals surface area contributed by atoms with Crippen molar-refractivity contribution in [2.75, 3.05) is 20.2 Å². The number of ether oxygens (including phenoxy) is 1. The van der Waals surface area contributed by atoms with Crippen LogP contribution in [0, 0.1) is 58.2 Å². The Labute approximate surface area is 496 Å². The molecule has 4 heterocycles. The summed E-state index contributed by atoms with van der Waals surface area (Å²) < 4.78 is 5.17. The number of benzene rings is 2. The second-order valence-corrected chi connectivity index (χ2v) is 26.4. The van der Waals surface area contributed by atoms with Crippen molar-refractivity contribution in [2.24, 2.45) is 58.2 Å². The molecule has 2 aliphatic heterocycles. The Kier molecular flexibility index (Phi) is 17.0. The first-order valence-corrected chi connectivity index (χ1v) is 30.7. The van der Waals surface area contributed by atoms with Gasteiger partial charge >= 0.3 is 11.9 Å². The lowest BCUT2D eigenvalue weighted by Gasteiger charge is -2.36. The number of carboxylic acids is 1. The van der Waals surface area contributed by atoms with E-state index in [9.17, 15) is 43.5 Å². The molecule has 0 spiro atoms. The normalized spacial score (nSPS) is 25.8. The number of rotatable bonds is 16. The number of esters is 1. The fourth-order valence-electron chi connectivity index (χ4n) is 16.0. The van der Waals surface area contributed by atoms with Crippen LogP contribution in [0.2, 0.25) is 0 Å². The van der Waals surface area contributed by atoms with Crippen LogP contribution in [0.15, 0.2) is 85.7 Å². The van der Waals surface area contributed by atoms with E-state index in [1.807, 2.05) is 36.4 Å². The average Bonchev–Trinajstić information content (AvgIpc) is 1.55. The number of nitrogens with zero attached hydrogens (tertiary/aromatic N) is 6. The summed E-state index contributed by atoms with van der Waals surface area (Å²) in [5.74, 6) is -4.05. The second-order valence-electron chi connectivity index (χ2n) is 26.4. The Balaban J connectivity index is 0.000000177. The van der Waals surface area contributed by atoms with Crippen LogP contribution < -0.4 is 21.3 Å². The summed E-state index contributed by atoms with van der Waals surface area (Å²) in [6.07, 6.45) is 20.3. The van der Waals surface area contributed by atoms with Crippen molar-refractivity contribution >= 4 is 47.4 Å². The minimum absolute atomic E-state index is 0.0299. The highest BCUT2D eigenvalue weighted by Crippen LogP contribution is 2.66. The number of fused-ring (bicyclic) bond motifs is 4. The fraction of sp³-hybridized carbons (Fsp3) is 0.569. The summed E-state index contributed by atoms with van der Waals surface area (Å²) in [5, 5.41) is 22.2. The Bertz CT molecular complexity index is 3140. The van der Waals surface area contributed by atoms with E-state index < -0.39 is 65.9 Å². The molecular formula is C65H80N10O10. The highest BCUT2D eigenvalue weighted by molar-refractivity contribution is 5.99. The van der Waals surface area contributed by atoms with Crippen LogP contribution in [0.4, 0.5) is 0 Å².